The predicted octanol–water partition coefficient (Wildman–Crippen LogP) is 2.98. The lowest BCUT2D eigenvalue weighted by Gasteiger charge is -2.07. The zero-order valence-corrected chi connectivity index (χ0v) is 12.6. The number of nitrogens with one attached hydrogen (secondary N) is 1. The molecule has 0 fully saturated rings. The lowest BCUT2D eigenvalue weighted by atomic mass is 10.1. The zero-order chi connectivity index (χ0) is 16.5. The number of Topliss-reactive ketones (excluding diaryl/α,β-unsaturated/α-hetero) is 1. The Morgan fingerprint density at radius 3 is 2.35 bits per heavy atom. The number of benzene rings is 2. The van der Waals surface area contributed by atoms with Gasteiger partial charge in [-0.15, -0.1) is 0 Å². The molecule has 1 amide bonds. The number of carbonyl (C=O) groups is 2. The SMILES string of the molecule is O=C(CCC(=O)c1ccc(F)cc1)NCCOc1ccccc1. The van der Waals surface area contributed by atoms with Gasteiger partial charge in [0, 0.05) is 18.4 Å². The first-order valence-corrected chi connectivity index (χ1v) is 7.38. The Morgan fingerprint density at radius 1 is 0.957 bits per heavy atom. The molecule has 0 unspecified atom stereocenters. The van der Waals surface area contributed by atoms with Gasteiger partial charge in [-0.05, 0) is 36.4 Å². The highest BCUT2D eigenvalue weighted by Crippen LogP contribution is 2.08. The summed E-state index contributed by atoms with van der Waals surface area (Å²) in [5, 5.41) is 2.69. The zero-order valence-electron chi connectivity index (χ0n) is 12.6. The number of hydrogen-bond donors (Lipinski definition) is 1. The van der Waals surface area contributed by atoms with E-state index < -0.39 is 5.82 Å². The van der Waals surface area contributed by atoms with Crippen molar-refractivity contribution >= 4 is 11.7 Å². The van der Waals surface area contributed by atoms with Crippen LogP contribution in [-0.4, -0.2) is 24.8 Å². The van der Waals surface area contributed by atoms with Crippen molar-refractivity contribution in [1.82, 2.24) is 5.32 Å². The number of carbonyl (C=O) groups excluding carboxylic acids is 2. The van der Waals surface area contributed by atoms with E-state index in [9.17, 15) is 14.0 Å². The summed E-state index contributed by atoms with van der Waals surface area (Å²) < 4.78 is 18.2. The molecule has 2 aromatic rings. The van der Waals surface area contributed by atoms with E-state index in [1.807, 2.05) is 30.3 Å². The molecule has 0 aliphatic heterocycles. The maximum atomic E-state index is 12.8. The van der Waals surface area contributed by atoms with Crippen LogP contribution in [0.1, 0.15) is 23.2 Å². The Kier molecular flexibility index (Phi) is 6.29. The first kappa shape index (κ1) is 16.7. The summed E-state index contributed by atoms with van der Waals surface area (Å²) >= 11 is 0. The summed E-state index contributed by atoms with van der Waals surface area (Å²) in [4.78, 5) is 23.5. The molecule has 0 radical (unpaired) electrons. The van der Waals surface area contributed by atoms with E-state index in [4.69, 9.17) is 4.74 Å². The van der Waals surface area contributed by atoms with Crippen LogP contribution in [0.4, 0.5) is 4.39 Å². The number of rotatable bonds is 8. The average Bonchev–Trinajstić information content (AvgIpc) is 2.58. The molecule has 5 heteroatoms. The molecular formula is C18H18FNO3. The second kappa shape index (κ2) is 8.68. The van der Waals surface area contributed by atoms with Crippen molar-refractivity contribution in [1.29, 1.82) is 0 Å². The molecule has 0 bridgehead atoms. The Bertz CT molecular complexity index is 641. The third kappa shape index (κ3) is 5.90. The molecule has 0 saturated carbocycles. The van der Waals surface area contributed by atoms with Crippen LogP contribution in [0.15, 0.2) is 54.6 Å². The molecule has 0 heterocycles. The van der Waals surface area contributed by atoms with Crippen LogP contribution >= 0.6 is 0 Å². The van der Waals surface area contributed by atoms with Crippen LogP contribution in [0, 0.1) is 5.82 Å². The quantitative estimate of drug-likeness (QED) is 0.602. The summed E-state index contributed by atoms with van der Waals surface area (Å²) in [7, 11) is 0. The molecule has 2 aromatic carbocycles. The van der Waals surface area contributed by atoms with E-state index >= 15 is 0 Å². The Balaban J connectivity index is 1.63. The van der Waals surface area contributed by atoms with Gasteiger partial charge in [0.05, 0.1) is 6.54 Å². The van der Waals surface area contributed by atoms with Gasteiger partial charge in [-0.25, -0.2) is 4.39 Å². The fourth-order valence-corrected chi connectivity index (χ4v) is 1.97. The Hall–Kier alpha value is -2.69. The average molecular weight is 315 g/mol. The smallest absolute Gasteiger partial charge is 0.220 e. The highest BCUT2D eigenvalue weighted by molar-refractivity contribution is 5.97. The number of ether oxygens (including phenoxy) is 1. The van der Waals surface area contributed by atoms with Crippen molar-refractivity contribution in [3.8, 4) is 5.75 Å². The van der Waals surface area contributed by atoms with Gasteiger partial charge in [0.25, 0.3) is 0 Å². The van der Waals surface area contributed by atoms with Crippen LogP contribution in [-0.2, 0) is 4.79 Å². The van der Waals surface area contributed by atoms with Crippen molar-refractivity contribution < 1.29 is 18.7 Å². The van der Waals surface area contributed by atoms with Gasteiger partial charge in [-0.2, -0.15) is 0 Å². The number of amides is 1. The lowest BCUT2D eigenvalue weighted by Crippen LogP contribution is -2.28. The molecule has 23 heavy (non-hydrogen) atoms. The fourth-order valence-electron chi connectivity index (χ4n) is 1.97. The number of ketones is 1. The van der Waals surface area contributed by atoms with Crippen molar-refractivity contribution in [2.24, 2.45) is 0 Å². The standard InChI is InChI=1S/C18H18FNO3/c19-15-8-6-14(7-9-15)17(21)10-11-18(22)20-12-13-23-16-4-2-1-3-5-16/h1-9H,10-13H2,(H,20,22). The van der Waals surface area contributed by atoms with E-state index in [1.54, 1.807) is 0 Å². The minimum Gasteiger partial charge on any atom is -0.492 e. The number of hydrogen-bond acceptors (Lipinski definition) is 3. The molecule has 0 aliphatic carbocycles. The summed E-state index contributed by atoms with van der Waals surface area (Å²) in [6.45, 7) is 0.736. The van der Waals surface area contributed by atoms with E-state index in [1.165, 1.54) is 24.3 Å². The maximum absolute atomic E-state index is 12.8. The van der Waals surface area contributed by atoms with E-state index in [-0.39, 0.29) is 24.5 Å². The molecule has 0 aromatic heterocycles. The third-order valence-electron chi connectivity index (χ3n) is 3.18. The minimum atomic E-state index is -0.391. The van der Waals surface area contributed by atoms with Crippen molar-refractivity contribution in [2.45, 2.75) is 12.8 Å². The monoisotopic (exact) mass is 315 g/mol. The van der Waals surface area contributed by atoms with Gasteiger partial charge >= 0.3 is 0 Å². The summed E-state index contributed by atoms with van der Waals surface area (Å²) in [6, 6.07) is 14.6. The maximum Gasteiger partial charge on any atom is 0.220 e. The van der Waals surface area contributed by atoms with E-state index in [0.29, 0.717) is 18.7 Å². The second-order valence-corrected chi connectivity index (χ2v) is 4.94. The van der Waals surface area contributed by atoms with Crippen LogP contribution in [0.25, 0.3) is 0 Å². The largest absolute Gasteiger partial charge is 0.492 e. The van der Waals surface area contributed by atoms with Crippen molar-refractivity contribution in [3.63, 3.8) is 0 Å². The van der Waals surface area contributed by atoms with E-state index in [0.717, 1.165) is 5.75 Å². The molecule has 2 rings (SSSR count). The van der Waals surface area contributed by atoms with Crippen LogP contribution in [0.5, 0.6) is 5.75 Å². The lowest BCUT2D eigenvalue weighted by molar-refractivity contribution is -0.121. The third-order valence-corrected chi connectivity index (χ3v) is 3.18. The minimum absolute atomic E-state index is 0.0943. The van der Waals surface area contributed by atoms with Crippen LogP contribution in [0.2, 0.25) is 0 Å². The van der Waals surface area contributed by atoms with Crippen LogP contribution in [0.3, 0.4) is 0 Å². The number of para-hydroxylation sites is 1. The highest BCUT2D eigenvalue weighted by Gasteiger charge is 2.09. The highest BCUT2D eigenvalue weighted by atomic mass is 19.1. The first-order chi connectivity index (χ1) is 11.1. The van der Waals surface area contributed by atoms with Gasteiger partial charge < -0.3 is 10.1 Å². The second-order valence-electron chi connectivity index (χ2n) is 4.94. The fraction of sp³-hybridized carbons (Fsp3) is 0.222. The predicted molar refractivity (Wildman–Crippen MR) is 84.9 cm³/mol. The molecule has 4 nitrogen and oxygen atoms in total. The molecule has 0 aliphatic rings. The van der Waals surface area contributed by atoms with Gasteiger partial charge in [-0.3, -0.25) is 9.59 Å². The first-order valence-electron chi connectivity index (χ1n) is 7.38. The Morgan fingerprint density at radius 2 is 1.65 bits per heavy atom. The normalized spacial score (nSPS) is 10.1. The topological polar surface area (TPSA) is 55.4 Å². The summed E-state index contributed by atoms with van der Waals surface area (Å²) in [5.74, 6) is -0.0382. The molecule has 0 saturated heterocycles. The van der Waals surface area contributed by atoms with E-state index in [2.05, 4.69) is 5.32 Å². The van der Waals surface area contributed by atoms with Crippen LogP contribution < -0.4 is 10.1 Å². The van der Waals surface area contributed by atoms with Crippen molar-refractivity contribution in [3.05, 3.63) is 66.0 Å². The summed E-state index contributed by atoms with van der Waals surface area (Å²) in [6.07, 6.45) is 0.193. The van der Waals surface area contributed by atoms with Gasteiger partial charge in [-0.1, -0.05) is 18.2 Å². The molecule has 0 spiro atoms. The number of halogens is 1. The molecule has 1 N–H and O–H groups in total. The molecule has 120 valence electrons. The molecule has 0 atom stereocenters. The van der Waals surface area contributed by atoms with Gasteiger partial charge in [0.15, 0.2) is 5.78 Å². The van der Waals surface area contributed by atoms with Gasteiger partial charge in [0.1, 0.15) is 18.2 Å². The Labute approximate surface area is 134 Å². The van der Waals surface area contributed by atoms with Gasteiger partial charge in [0.2, 0.25) is 5.91 Å². The van der Waals surface area contributed by atoms with Crippen molar-refractivity contribution in [2.75, 3.05) is 13.2 Å². The summed E-state index contributed by atoms with van der Waals surface area (Å²) in [5.41, 5.74) is 0.409. The molecular weight excluding hydrogens is 297 g/mol.